The number of nitrogens with one attached hydrogen (secondary N) is 3. The van der Waals surface area contributed by atoms with Crippen molar-refractivity contribution in [1.29, 1.82) is 0 Å². The van der Waals surface area contributed by atoms with E-state index in [4.69, 9.17) is 14.2 Å². The third-order valence-electron chi connectivity index (χ3n) is 6.20. The van der Waals surface area contributed by atoms with Crippen LogP contribution in [0.4, 0.5) is 0 Å². The summed E-state index contributed by atoms with van der Waals surface area (Å²) in [4.78, 5) is 16.7. The molecule has 0 radical (unpaired) electrons. The first-order chi connectivity index (χ1) is 15.2. The molecule has 2 aliphatic rings. The van der Waals surface area contributed by atoms with E-state index >= 15 is 0 Å². The van der Waals surface area contributed by atoms with Crippen LogP contribution >= 0.6 is 0 Å². The molecule has 0 bridgehead atoms. The maximum absolute atomic E-state index is 13.1. The zero-order valence-electron chi connectivity index (χ0n) is 17.7. The number of hydrogen-bond acceptors (Lipinski definition) is 5. The van der Waals surface area contributed by atoms with Crippen molar-refractivity contribution in [2.45, 2.75) is 31.3 Å². The molecule has 0 fully saturated rings. The summed E-state index contributed by atoms with van der Waals surface area (Å²) in [5, 5.41) is 7.83. The first kappa shape index (κ1) is 19.9. The second-order valence-corrected chi connectivity index (χ2v) is 8.11. The Kier molecular flexibility index (Phi) is 5.29. The summed E-state index contributed by atoms with van der Waals surface area (Å²) in [5.41, 5.74) is 4.39. The van der Waals surface area contributed by atoms with E-state index in [1.54, 1.807) is 7.11 Å². The summed E-state index contributed by atoms with van der Waals surface area (Å²) < 4.78 is 16.2. The molecule has 5 rings (SSSR count). The van der Waals surface area contributed by atoms with Crippen molar-refractivity contribution in [3.63, 3.8) is 0 Å². The summed E-state index contributed by atoms with van der Waals surface area (Å²) in [6.45, 7) is 3.56. The predicted octanol–water partition coefficient (Wildman–Crippen LogP) is 3.21. The van der Waals surface area contributed by atoms with Crippen molar-refractivity contribution in [3.05, 3.63) is 59.3 Å². The Labute approximate surface area is 181 Å². The Morgan fingerprint density at radius 2 is 2.03 bits per heavy atom. The number of aromatic amines is 1. The normalized spacial score (nSPS) is 21.8. The van der Waals surface area contributed by atoms with Crippen LogP contribution in [0.1, 0.15) is 42.1 Å². The van der Waals surface area contributed by atoms with Gasteiger partial charge in [-0.1, -0.05) is 31.2 Å². The number of hydrogen-bond donors (Lipinski definition) is 3. The summed E-state index contributed by atoms with van der Waals surface area (Å²) >= 11 is 0. The molecular formula is C24H27N3O4. The molecule has 31 heavy (non-hydrogen) atoms. The van der Waals surface area contributed by atoms with E-state index in [1.807, 2.05) is 30.3 Å². The van der Waals surface area contributed by atoms with Crippen molar-refractivity contribution in [2.24, 2.45) is 0 Å². The van der Waals surface area contributed by atoms with Crippen LogP contribution in [0, 0.1) is 0 Å². The number of benzene rings is 2. The van der Waals surface area contributed by atoms with Crippen LogP contribution < -0.4 is 20.1 Å². The Hall–Kier alpha value is -3.03. The highest BCUT2D eigenvalue weighted by atomic mass is 16.7. The van der Waals surface area contributed by atoms with Gasteiger partial charge in [-0.25, -0.2) is 0 Å². The van der Waals surface area contributed by atoms with Gasteiger partial charge in [0.2, 0.25) is 12.7 Å². The average molecular weight is 421 g/mol. The first-order valence-corrected chi connectivity index (χ1v) is 10.7. The Morgan fingerprint density at radius 3 is 2.90 bits per heavy atom. The number of amides is 1. The average Bonchev–Trinajstić information content (AvgIpc) is 3.41. The summed E-state index contributed by atoms with van der Waals surface area (Å²) in [6, 6.07) is 13.7. The van der Waals surface area contributed by atoms with Crippen LogP contribution in [0.15, 0.2) is 42.5 Å². The summed E-state index contributed by atoms with van der Waals surface area (Å²) in [6.07, 6.45) is 0.785. The molecule has 0 saturated heterocycles. The molecule has 0 spiro atoms. The van der Waals surface area contributed by atoms with Gasteiger partial charge in [0.1, 0.15) is 0 Å². The number of fused-ring (bicyclic) bond motifs is 4. The number of H-pyrrole nitrogens is 1. The molecule has 162 valence electrons. The zero-order chi connectivity index (χ0) is 21.4. The van der Waals surface area contributed by atoms with E-state index in [0.717, 1.165) is 40.1 Å². The van der Waals surface area contributed by atoms with Gasteiger partial charge in [0.25, 0.3) is 0 Å². The van der Waals surface area contributed by atoms with Gasteiger partial charge in [-0.05, 0) is 35.7 Å². The number of carbonyl (C=O) groups excluding carboxylic acids is 1. The van der Waals surface area contributed by atoms with E-state index in [-0.39, 0.29) is 30.7 Å². The van der Waals surface area contributed by atoms with Gasteiger partial charge in [-0.2, -0.15) is 0 Å². The summed E-state index contributed by atoms with van der Waals surface area (Å²) in [7, 11) is 1.67. The standard InChI is InChI=1S/C24H27N3O4/c1-14-20-16-6-3-4-7-17(16)26-23(20)22(15-8-9-18-19(12-15)31-13-30-18)27-21(14)24(28)25-10-5-11-29-2/h3-4,6-9,12,14,21-22,26-27H,5,10-11,13H2,1-2H3,(H,25,28). The minimum atomic E-state index is -0.357. The Morgan fingerprint density at radius 1 is 1.19 bits per heavy atom. The fourth-order valence-corrected chi connectivity index (χ4v) is 4.67. The predicted molar refractivity (Wildman–Crippen MR) is 118 cm³/mol. The first-order valence-electron chi connectivity index (χ1n) is 10.7. The van der Waals surface area contributed by atoms with Crippen molar-refractivity contribution >= 4 is 16.8 Å². The van der Waals surface area contributed by atoms with Crippen LogP contribution in [0.3, 0.4) is 0 Å². The molecule has 1 amide bonds. The lowest BCUT2D eigenvalue weighted by Crippen LogP contribution is -2.51. The molecule has 3 atom stereocenters. The van der Waals surface area contributed by atoms with Crippen LogP contribution in [0.2, 0.25) is 0 Å². The lowest BCUT2D eigenvalue weighted by atomic mass is 9.82. The van der Waals surface area contributed by atoms with Gasteiger partial charge in [-0.15, -0.1) is 0 Å². The van der Waals surface area contributed by atoms with Gasteiger partial charge in [-0.3, -0.25) is 10.1 Å². The molecule has 3 heterocycles. The molecule has 3 N–H and O–H groups in total. The molecule has 7 heteroatoms. The molecule has 3 aromatic rings. The highest BCUT2D eigenvalue weighted by Gasteiger charge is 2.39. The van der Waals surface area contributed by atoms with E-state index in [1.165, 1.54) is 5.56 Å². The molecule has 0 aliphatic carbocycles. The third-order valence-corrected chi connectivity index (χ3v) is 6.20. The number of para-hydroxylation sites is 1. The van der Waals surface area contributed by atoms with Gasteiger partial charge >= 0.3 is 0 Å². The van der Waals surface area contributed by atoms with E-state index in [2.05, 4.69) is 34.7 Å². The van der Waals surface area contributed by atoms with Gasteiger partial charge in [0, 0.05) is 42.8 Å². The van der Waals surface area contributed by atoms with Crippen LogP contribution in [0.5, 0.6) is 11.5 Å². The van der Waals surface area contributed by atoms with Crippen molar-refractivity contribution in [3.8, 4) is 11.5 Å². The highest BCUT2D eigenvalue weighted by Crippen LogP contribution is 2.43. The van der Waals surface area contributed by atoms with Crippen molar-refractivity contribution < 1.29 is 19.0 Å². The minimum absolute atomic E-state index is 0.00489. The molecule has 3 unspecified atom stereocenters. The molecule has 7 nitrogen and oxygen atoms in total. The second-order valence-electron chi connectivity index (χ2n) is 8.11. The second kappa shape index (κ2) is 8.24. The van der Waals surface area contributed by atoms with Crippen LogP contribution in [-0.2, 0) is 9.53 Å². The lowest BCUT2D eigenvalue weighted by molar-refractivity contribution is -0.124. The fraction of sp³-hybridized carbons (Fsp3) is 0.375. The quantitative estimate of drug-likeness (QED) is 0.532. The van der Waals surface area contributed by atoms with E-state index < -0.39 is 0 Å². The van der Waals surface area contributed by atoms with Gasteiger partial charge in [0.05, 0.1) is 12.1 Å². The monoisotopic (exact) mass is 421 g/mol. The number of rotatable bonds is 6. The largest absolute Gasteiger partial charge is 0.454 e. The number of ether oxygens (including phenoxy) is 3. The molecular weight excluding hydrogens is 394 g/mol. The van der Waals surface area contributed by atoms with Gasteiger partial charge in [0.15, 0.2) is 11.5 Å². The molecule has 0 saturated carbocycles. The molecule has 2 aromatic carbocycles. The maximum atomic E-state index is 13.1. The van der Waals surface area contributed by atoms with E-state index in [0.29, 0.717) is 13.2 Å². The summed E-state index contributed by atoms with van der Waals surface area (Å²) in [5.74, 6) is 1.50. The Bertz CT molecular complexity index is 1110. The SMILES string of the molecule is COCCCNC(=O)C1NC(c2ccc3c(c2)OCO3)c2[nH]c3ccccc3c2C1C. The third kappa shape index (κ3) is 3.54. The van der Waals surface area contributed by atoms with Crippen molar-refractivity contribution in [1.82, 2.24) is 15.6 Å². The topological polar surface area (TPSA) is 84.6 Å². The fourth-order valence-electron chi connectivity index (χ4n) is 4.67. The van der Waals surface area contributed by atoms with E-state index in [9.17, 15) is 4.79 Å². The molecule has 2 aliphatic heterocycles. The minimum Gasteiger partial charge on any atom is -0.454 e. The smallest absolute Gasteiger partial charge is 0.237 e. The van der Waals surface area contributed by atoms with Crippen LogP contribution in [0.25, 0.3) is 10.9 Å². The lowest BCUT2D eigenvalue weighted by Gasteiger charge is -2.35. The van der Waals surface area contributed by atoms with Crippen molar-refractivity contribution in [2.75, 3.05) is 27.1 Å². The number of carbonyl (C=O) groups is 1. The number of aromatic nitrogens is 1. The Balaban J connectivity index is 1.53. The zero-order valence-corrected chi connectivity index (χ0v) is 17.7. The van der Waals surface area contributed by atoms with Gasteiger partial charge < -0.3 is 24.5 Å². The highest BCUT2D eigenvalue weighted by molar-refractivity contribution is 5.89. The maximum Gasteiger partial charge on any atom is 0.237 e. The number of methoxy groups -OCH3 is 1. The molecule has 1 aromatic heterocycles. The van der Waals surface area contributed by atoms with Crippen LogP contribution in [-0.4, -0.2) is 44.0 Å².